The van der Waals surface area contributed by atoms with Crippen molar-refractivity contribution in [3.8, 4) is 12.3 Å². The average Bonchev–Trinajstić information content (AvgIpc) is 2.01. The smallest absolute Gasteiger partial charge is 0.266 e. The summed E-state index contributed by atoms with van der Waals surface area (Å²) in [5.41, 5.74) is 2.17. The predicted molar refractivity (Wildman–Crippen MR) is 49.1 cm³/mol. The van der Waals surface area contributed by atoms with E-state index in [1.807, 2.05) is 19.9 Å². The Morgan fingerprint density at radius 2 is 2.08 bits per heavy atom. The molecule has 0 aliphatic carbocycles. The van der Waals surface area contributed by atoms with Gasteiger partial charge >= 0.3 is 0 Å². The predicted octanol–water partition coefficient (Wildman–Crippen LogP) is 0.983. The van der Waals surface area contributed by atoms with Crippen molar-refractivity contribution in [2.75, 3.05) is 0 Å². The number of pyridine rings is 1. The van der Waals surface area contributed by atoms with Crippen LogP contribution >= 0.6 is 0 Å². The normalized spacial score (nSPS) is 9.50. The minimum Gasteiger partial charge on any atom is -0.315 e. The van der Waals surface area contributed by atoms with Gasteiger partial charge in [0.05, 0.1) is 5.56 Å². The summed E-state index contributed by atoms with van der Waals surface area (Å²) in [6.07, 6.45) is 5.21. The minimum atomic E-state index is -0.0880. The van der Waals surface area contributed by atoms with E-state index >= 15 is 0 Å². The Morgan fingerprint density at radius 1 is 1.50 bits per heavy atom. The Labute approximate surface area is 71.8 Å². The van der Waals surface area contributed by atoms with Gasteiger partial charge in [0, 0.05) is 12.7 Å². The molecule has 0 saturated heterocycles. The molecule has 62 valence electrons. The van der Waals surface area contributed by atoms with Crippen molar-refractivity contribution >= 4 is 0 Å². The molecule has 0 radical (unpaired) electrons. The summed E-state index contributed by atoms with van der Waals surface area (Å²) in [6, 6.07) is 1.91. The van der Waals surface area contributed by atoms with Gasteiger partial charge < -0.3 is 4.57 Å². The van der Waals surface area contributed by atoms with E-state index in [1.54, 1.807) is 11.6 Å². The van der Waals surface area contributed by atoms with Gasteiger partial charge in [0.25, 0.3) is 5.56 Å². The standard InChI is InChI=1S/C10H11NO/c1-5-9-7(2)6-8(3)11(4)10(9)12/h1,6H,2-4H3. The van der Waals surface area contributed by atoms with E-state index < -0.39 is 0 Å². The second-order valence-corrected chi connectivity index (χ2v) is 2.85. The summed E-state index contributed by atoms with van der Waals surface area (Å²) in [7, 11) is 1.72. The molecule has 1 aromatic heterocycles. The van der Waals surface area contributed by atoms with Crippen LogP contribution in [0.25, 0.3) is 0 Å². The summed E-state index contributed by atoms with van der Waals surface area (Å²) in [4.78, 5) is 11.5. The van der Waals surface area contributed by atoms with Crippen LogP contribution in [0.15, 0.2) is 10.9 Å². The number of nitrogens with zero attached hydrogens (tertiary/aromatic N) is 1. The summed E-state index contributed by atoms with van der Waals surface area (Å²) in [5, 5.41) is 0. The van der Waals surface area contributed by atoms with Crippen LogP contribution in [0.3, 0.4) is 0 Å². The zero-order chi connectivity index (χ0) is 9.30. The fourth-order valence-electron chi connectivity index (χ4n) is 1.15. The number of aryl methyl sites for hydroxylation is 2. The molecular formula is C10H11NO. The summed E-state index contributed by atoms with van der Waals surface area (Å²) in [5.74, 6) is 2.40. The van der Waals surface area contributed by atoms with Crippen molar-refractivity contribution in [2.24, 2.45) is 7.05 Å². The van der Waals surface area contributed by atoms with Gasteiger partial charge in [-0.3, -0.25) is 4.79 Å². The lowest BCUT2D eigenvalue weighted by molar-refractivity contribution is 0.810. The molecular weight excluding hydrogens is 150 g/mol. The van der Waals surface area contributed by atoms with E-state index in [0.29, 0.717) is 5.56 Å². The lowest BCUT2D eigenvalue weighted by atomic mass is 10.1. The molecule has 2 nitrogen and oxygen atoms in total. The van der Waals surface area contributed by atoms with E-state index in [1.165, 1.54) is 0 Å². The zero-order valence-electron chi connectivity index (χ0n) is 7.51. The van der Waals surface area contributed by atoms with Gasteiger partial charge in [-0.15, -0.1) is 6.42 Å². The molecule has 0 aromatic carbocycles. The summed E-state index contributed by atoms with van der Waals surface area (Å²) in [6.45, 7) is 3.73. The first-order valence-corrected chi connectivity index (χ1v) is 3.71. The van der Waals surface area contributed by atoms with E-state index in [2.05, 4.69) is 5.92 Å². The molecule has 0 spiro atoms. The summed E-state index contributed by atoms with van der Waals surface area (Å²) >= 11 is 0. The monoisotopic (exact) mass is 161 g/mol. The highest BCUT2D eigenvalue weighted by Gasteiger charge is 2.04. The first-order chi connectivity index (χ1) is 5.57. The molecule has 0 fully saturated rings. The molecule has 0 atom stereocenters. The van der Waals surface area contributed by atoms with Crippen LogP contribution in [-0.4, -0.2) is 4.57 Å². The van der Waals surface area contributed by atoms with Crippen molar-refractivity contribution in [2.45, 2.75) is 13.8 Å². The Kier molecular flexibility index (Phi) is 2.05. The fourth-order valence-corrected chi connectivity index (χ4v) is 1.15. The number of hydrogen-bond donors (Lipinski definition) is 0. The van der Waals surface area contributed by atoms with Crippen molar-refractivity contribution in [1.29, 1.82) is 0 Å². The van der Waals surface area contributed by atoms with Crippen molar-refractivity contribution < 1.29 is 0 Å². The van der Waals surface area contributed by atoms with Gasteiger partial charge in [-0.05, 0) is 25.5 Å². The van der Waals surface area contributed by atoms with Gasteiger partial charge in [0.1, 0.15) is 0 Å². The lowest BCUT2D eigenvalue weighted by Crippen LogP contribution is -2.22. The third kappa shape index (κ3) is 1.14. The Morgan fingerprint density at radius 3 is 2.58 bits per heavy atom. The summed E-state index contributed by atoms with van der Waals surface area (Å²) < 4.78 is 1.56. The Bertz CT molecular complexity index is 407. The van der Waals surface area contributed by atoms with E-state index in [0.717, 1.165) is 11.3 Å². The molecule has 1 heterocycles. The maximum atomic E-state index is 11.5. The average molecular weight is 161 g/mol. The first-order valence-electron chi connectivity index (χ1n) is 3.71. The number of rotatable bonds is 0. The number of hydrogen-bond acceptors (Lipinski definition) is 1. The van der Waals surface area contributed by atoms with Crippen LogP contribution in [0.5, 0.6) is 0 Å². The largest absolute Gasteiger partial charge is 0.315 e. The first kappa shape index (κ1) is 8.61. The molecule has 1 aromatic rings. The van der Waals surface area contributed by atoms with E-state index in [9.17, 15) is 4.79 Å². The van der Waals surface area contributed by atoms with Gasteiger partial charge in [-0.1, -0.05) is 5.92 Å². The fraction of sp³-hybridized carbons (Fsp3) is 0.300. The highest BCUT2D eigenvalue weighted by atomic mass is 16.1. The minimum absolute atomic E-state index is 0.0880. The molecule has 0 aliphatic heterocycles. The lowest BCUT2D eigenvalue weighted by Gasteiger charge is -2.05. The molecule has 0 unspecified atom stereocenters. The maximum Gasteiger partial charge on any atom is 0.266 e. The van der Waals surface area contributed by atoms with Crippen LogP contribution in [0, 0.1) is 26.2 Å². The molecule has 0 bridgehead atoms. The molecule has 0 N–H and O–H groups in total. The van der Waals surface area contributed by atoms with Crippen LogP contribution in [0.1, 0.15) is 16.8 Å². The maximum absolute atomic E-state index is 11.5. The van der Waals surface area contributed by atoms with Gasteiger partial charge in [0.15, 0.2) is 0 Å². The van der Waals surface area contributed by atoms with Gasteiger partial charge in [-0.25, -0.2) is 0 Å². The second kappa shape index (κ2) is 2.86. The number of terminal acetylenes is 1. The molecule has 0 amide bonds. The third-order valence-electron chi connectivity index (χ3n) is 2.01. The van der Waals surface area contributed by atoms with Crippen LogP contribution in [0.2, 0.25) is 0 Å². The molecule has 1 rings (SSSR count). The van der Waals surface area contributed by atoms with Crippen molar-refractivity contribution in [3.63, 3.8) is 0 Å². The van der Waals surface area contributed by atoms with E-state index in [-0.39, 0.29) is 5.56 Å². The Balaban J connectivity index is 3.66. The van der Waals surface area contributed by atoms with Crippen LogP contribution in [-0.2, 0) is 7.05 Å². The zero-order valence-corrected chi connectivity index (χ0v) is 7.51. The van der Waals surface area contributed by atoms with Crippen molar-refractivity contribution in [3.05, 3.63) is 33.2 Å². The van der Waals surface area contributed by atoms with Gasteiger partial charge in [0.2, 0.25) is 0 Å². The number of aromatic nitrogens is 1. The molecule has 0 saturated carbocycles. The SMILES string of the molecule is C#Cc1c(C)cc(C)n(C)c1=O. The van der Waals surface area contributed by atoms with Crippen LogP contribution < -0.4 is 5.56 Å². The third-order valence-corrected chi connectivity index (χ3v) is 2.01. The van der Waals surface area contributed by atoms with E-state index in [4.69, 9.17) is 6.42 Å². The van der Waals surface area contributed by atoms with Crippen LogP contribution in [0.4, 0.5) is 0 Å². The molecule has 12 heavy (non-hydrogen) atoms. The quantitative estimate of drug-likeness (QED) is 0.520. The topological polar surface area (TPSA) is 22.0 Å². The highest BCUT2D eigenvalue weighted by Crippen LogP contribution is 2.02. The van der Waals surface area contributed by atoms with Gasteiger partial charge in [-0.2, -0.15) is 0 Å². The van der Waals surface area contributed by atoms with Crippen molar-refractivity contribution in [1.82, 2.24) is 4.57 Å². The Hall–Kier alpha value is -1.49. The second-order valence-electron chi connectivity index (χ2n) is 2.85. The molecule has 2 heteroatoms. The highest BCUT2D eigenvalue weighted by molar-refractivity contribution is 5.38. The molecule has 0 aliphatic rings.